The van der Waals surface area contributed by atoms with Crippen LogP contribution in [0, 0.1) is 10.1 Å². The fourth-order valence-corrected chi connectivity index (χ4v) is 2.33. The van der Waals surface area contributed by atoms with E-state index in [9.17, 15) is 14.9 Å². The predicted octanol–water partition coefficient (Wildman–Crippen LogP) is 4.12. The quantitative estimate of drug-likeness (QED) is 0.360. The number of para-hydroxylation sites is 2. The summed E-state index contributed by atoms with van der Waals surface area (Å²) in [4.78, 5) is 22.7. The van der Waals surface area contributed by atoms with Gasteiger partial charge >= 0.3 is 5.97 Å². The van der Waals surface area contributed by atoms with Crippen LogP contribution in [-0.2, 0) is 18.0 Å². The van der Waals surface area contributed by atoms with Crippen LogP contribution >= 0.6 is 0 Å². The van der Waals surface area contributed by atoms with Crippen molar-refractivity contribution in [3.8, 4) is 5.75 Å². The molecule has 0 aliphatic carbocycles. The van der Waals surface area contributed by atoms with Gasteiger partial charge in [0, 0.05) is 11.6 Å². The molecule has 0 radical (unpaired) electrons. The summed E-state index contributed by atoms with van der Waals surface area (Å²) in [5.74, 6) is -0.0349. The smallest absolute Gasteiger partial charge is 0.374 e. The maximum absolute atomic E-state index is 12.3. The zero-order valence-electron chi connectivity index (χ0n) is 13.7. The molecular formula is C19H15NO6. The molecule has 132 valence electrons. The maximum atomic E-state index is 12.3. The van der Waals surface area contributed by atoms with Crippen LogP contribution in [0.2, 0.25) is 0 Å². The number of furan rings is 1. The van der Waals surface area contributed by atoms with E-state index in [-0.39, 0.29) is 24.7 Å². The van der Waals surface area contributed by atoms with Crippen LogP contribution in [0.3, 0.4) is 0 Å². The number of nitrogens with zero attached hydrogens (tertiary/aromatic N) is 1. The molecule has 0 atom stereocenters. The Morgan fingerprint density at radius 3 is 2.46 bits per heavy atom. The van der Waals surface area contributed by atoms with Crippen LogP contribution in [0.25, 0.3) is 0 Å². The van der Waals surface area contributed by atoms with E-state index in [2.05, 4.69) is 0 Å². The van der Waals surface area contributed by atoms with E-state index in [0.717, 1.165) is 0 Å². The number of carbonyl (C=O) groups is 1. The number of nitro benzene ring substituents is 1. The van der Waals surface area contributed by atoms with Crippen molar-refractivity contribution >= 4 is 11.7 Å². The number of hydrogen-bond acceptors (Lipinski definition) is 6. The van der Waals surface area contributed by atoms with E-state index in [0.29, 0.717) is 16.9 Å². The van der Waals surface area contributed by atoms with Crippen molar-refractivity contribution < 1.29 is 23.6 Å². The van der Waals surface area contributed by atoms with Gasteiger partial charge in [-0.3, -0.25) is 10.1 Å². The van der Waals surface area contributed by atoms with Gasteiger partial charge in [-0.1, -0.05) is 30.3 Å². The SMILES string of the molecule is O=C(OCc1ccccc1[N+](=O)[O-])c1occc1COc1ccccc1. The summed E-state index contributed by atoms with van der Waals surface area (Å²) in [5.41, 5.74) is 0.730. The molecule has 2 aromatic carbocycles. The molecule has 3 aromatic rings. The van der Waals surface area contributed by atoms with Crippen molar-refractivity contribution in [3.63, 3.8) is 0 Å². The molecule has 0 bridgehead atoms. The first-order valence-corrected chi connectivity index (χ1v) is 7.79. The normalized spacial score (nSPS) is 10.3. The number of esters is 1. The van der Waals surface area contributed by atoms with Crippen molar-refractivity contribution in [1.82, 2.24) is 0 Å². The molecule has 0 aliphatic heterocycles. The summed E-state index contributed by atoms with van der Waals surface area (Å²) in [7, 11) is 0. The van der Waals surface area contributed by atoms with Crippen LogP contribution in [0.4, 0.5) is 5.69 Å². The van der Waals surface area contributed by atoms with Crippen LogP contribution in [0.15, 0.2) is 71.3 Å². The average Bonchev–Trinajstić information content (AvgIpc) is 3.14. The Morgan fingerprint density at radius 1 is 0.962 bits per heavy atom. The average molecular weight is 353 g/mol. The first-order valence-electron chi connectivity index (χ1n) is 7.79. The Balaban J connectivity index is 1.64. The van der Waals surface area contributed by atoms with E-state index in [1.54, 1.807) is 30.3 Å². The first kappa shape index (κ1) is 17.2. The summed E-state index contributed by atoms with van der Waals surface area (Å²) in [5, 5.41) is 11.0. The van der Waals surface area contributed by atoms with Crippen LogP contribution in [-0.4, -0.2) is 10.9 Å². The monoisotopic (exact) mass is 353 g/mol. The zero-order valence-corrected chi connectivity index (χ0v) is 13.7. The van der Waals surface area contributed by atoms with Crippen molar-refractivity contribution in [3.05, 3.63) is 93.9 Å². The fraction of sp³-hybridized carbons (Fsp3) is 0.105. The number of nitro groups is 1. The third kappa shape index (κ3) is 4.07. The molecule has 0 N–H and O–H groups in total. The summed E-state index contributed by atoms with van der Waals surface area (Å²) < 4.78 is 16.0. The van der Waals surface area contributed by atoms with Gasteiger partial charge in [-0.05, 0) is 24.3 Å². The van der Waals surface area contributed by atoms with E-state index >= 15 is 0 Å². The van der Waals surface area contributed by atoms with E-state index < -0.39 is 10.9 Å². The summed E-state index contributed by atoms with van der Waals surface area (Å²) in [6.45, 7) is -0.0912. The highest BCUT2D eigenvalue weighted by atomic mass is 16.6. The summed E-state index contributed by atoms with van der Waals surface area (Å²) in [6, 6.07) is 16.8. The van der Waals surface area contributed by atoms with Gasteiger partial charge in [-0.2, -0.15) is 0 Å². The number of carbonyl (C=O) groups excluding carboxylic acids is 1. The Bertz CT molecular complexity index is 903. The standard InChI is InChI=1S/C19H15NO6/c21-19(26-12-14-6-4-5-9-17(14)20(22)23)18-15(10-11-24-18)13-25-16-7-2-1-3-8-16/h1-11H,12-13H2. The molecule has 0 saturated carbocycles. The van der Waals surface area contributed by atoms with Gasteiger partial charge in [0.15, 0.2) is 0 Å². The molecule has 1 heterocycles. The summed E-state index contributed by atoms with van der Waals surface area (Å²) >= 11 is 0. The minimum atomic E-state index is -0.709. The molecule has 0 saturated heterocycles. The Labute approximate surface area is 148 Å². The highest BCUT2D eigenvalue weighted by molar-refractivity contribution is 5.87. The molecule has 0 fully saturated rings. The molecule has 7 nitrogen and oxygen atoms in total. The van der Waals surface area contributed by atoms with Gasteiger partial charge in [0.2, 0.25) is 5.76 Å². The van der Waals surface area contributed by atoms with E-state index in [1.165, 1.54) is 18.4 Å². The second-order valence-corrected chi connectivity index (χ2v) is 5.34. The van der Waals surface area contributed by atoms with Crippen LogP contribution < -0.4 is 4.74 Å². The summed E-state index contributed by atoms with van der Waals surface area (Å²) in [6.07, 6.45) is 1.37. The third-order valence-corrected chi connectivity index (χ3v) is 3.62. The first-order chi connectivity index (χ1) is 12.6. The lowest BCUT2D eigenvalue weighted by Gasteiger charge is -2.07. The highest BCUT2D eigenvalue weighted by Gasteiger charge is 2.20. The second kappa shape index (κ2) is 7.98. The maximum Gasteiger partial charge on any atom is 0.374 e. The van der Waals surface area contributed by atoms with Gasteiger partial charge in [0.1, 0.15) is 19.0 Å². The van der Waals surface area contributed by atoms with Crippen molar-refractivity contribution in [2.75, 3.05) is 0 Å². The van der Waals surface area contributed by atoms with E-state index in [4.69, 9.17) is 13.9 Å². The highest BCUT2D eigenvalue weighted by Crippen LogP contribution is 2.21. The van der Waals surface area contributed by atoms with Gasteiger partial charge < -0.3 is 13.9 Å². The van der Waals surface area contributed by atoms with E-state index in [1.807, 2.05) is 18.2 Å². The largest absolute Gasteiger partial charge is 0.489 e. The molecule has 7 heteroatoms. The lowest BCUT2D eigenvalue weighted by atomic mass is 10.2. The van der Waals surface area contributed by atoms with Crippen LogP contribution in [0.1, 0.15) is 21.7 Å². The lowest BCUT2D eigenvalue weighted by molar-refractivity contribution is -0.385. The minimum Gasteiger partial charge on any atom is -0.489 e. The third-order valence-electron chi connectivity index (χ3n) is 3.62. The van der Waals surface area contributed by atoms with Gasteiger partial charge in [0.05, 0.1) is 16.7 Å². The number of benzene rings is 2. The van der Waals surface area contributed by atoms with Crippen molar-refractivity contribution in [2.45, 2.75) is 13.2 Å². The molecule has 1 aromatic heterocycles. The number of rotatable bonds is 7. The van der Waals surface area contributed by atoms with Gasteiger partial charge in [-0.25, -0.2) is 4.79 Å². The second-order valence-electron chi connectivity index (χ2n) is 5.34. The predicted molar refractivity (Wildman–Crippen MR) is 91.7 cm³/mol. The molecule has 0 unspecified atom stereocenters. The Hall–Kier alpha value is -3.61. The van der Waals surface area contributed by atoms with Gasteiger partial charge in [0.25, 0.3) is 5.69 Å². The molecule has 0 spiro atoms. The Kier molecular flexibility index (Phi) is 5.28. The van der Waals surface area contributed by atoms with Crippen LogP contribution in [0.5, 0.6) is 5.75 Å². The zero-order chi connectivity index (χ0) is 18.4. The molecule has 3 rings (SSSR count). The topological polar surface area (TPSA) is 91.8 Å². The molecule has 0 amide bonds. The lowest BCUT2D eigenvalue weighted by Crippen LogP contribution is -2.09. The Morgan fingerprint density at radius 2 is 1.69 bits per heavy atom. The number of ether oxygens (including phenoxy) is 2. The molecule has 0 aliphatic rings. The molecule has 26 heavy (non-hydrogen) atoms. The van der Waals surface area contributed by atoms with Crippen molar-refractivity contribution in [1.29, 1.82) is 0 Å². The minimum absolute atomic E-state index is 0.0134. The number of hydrogen-bond donors (Lipinski definition) is 0. The fourth-order valence-electron chi connectivity index (χ4n) is 2.33. The molecular weight excluding hydrogens is 338 g/mol. The van der Waals surface area contributed by atoms with Crippen molar-refractivity contribution in [2.24, 2.45) is 0 Å². The van der Waals surface area contributed by atoms with Gasteiger partial charge in [-0.15, -0.1) is 0 Å².